The van der Waals surface area contributed by atoms with E-state index in [0.717, 1.165) is 43.4 Å². The lowest BCUT2D eigenvalue weighted by atomic mass is 9.71. The molecule has 0 N–H and O–H groups in total. The molecule has 4 fully saturated rings. The molecule has 7 nitrogen and oxygen atoms in total. The van der Waals surface area contributed by atoms with Gasteiger partial charge in [0.25, 0.3) is 0 Å². The van der Waals surface area contributed by atoms with Crippen molar-refractivity contribution < 1.29 is 32.2 Å². The van der Waals surface area contributed by atoms with Crippen molar-refractivity contribution in [2.75, 3.05) is 19.7 Å². The van der Waals surface area contributed by atoms with Crippen LogP contribution in [0.2, 0.25) is 0 Å². The molecule has 1 saturated carbocycles. The lowest BCUT2D eigenvalue weighted by molar-refractivity contribution is -0.193. The summed E-state index contributed by atoms with van der Waals surface area (Å²) in [5.74, 6) is 0.931. The zero-order chi connectivity index (χ0) is 30.6. The molecule has 3 saturated heterocycles. The number of halogens is 3. The third kappa shape index (κ3) is 6.03. The average Bonchev–Trinajstić information content (AvgIpc) is 3.26. The Hall–Kier alpha value is -2.33. The monoisotopic (exact) mass is 593 g/mol. The fourth-order valence-electron chi connectivity index (χ4n) is 7.50. The molecule has 1 aromatic rings. The number of carbonyl (C=O) groups is 2. The molecular weight excluding hydrogens is 547 g/mol. The lowest BCUT2D eigenvalue weighted by Gasteiger charge is -2.55. The number of hydrogen-bond donors (Lipinski definition) is 0. The molecule has 0 radical (unpaired) electrons. The molecule has 1 spiro atoms. The maximum atomic E-state index is 13.2. The van der Waals surface area contributed by atoms with Crippen molar-refractivity contribution in [1.29, 1.82) is 0 Å². The highest BCUT2D eigenvalue weighted by molar-refractivity contribution is 5.78. The molecule has 4 aliphatic rings. The van der Waals surface area contributed by atoms with E-state index in [2.05, 4.69) is 30.6 Å². The zero-order valence-electron chi connectivity index (χ0n) is 25.7. The van der Waals surface area contributed by atoms with Crippen LogP contribution < -0.4 is 0 Å². The predicted octanol–water partition coefficient (Wildman–Crippen LogP) is 6.31. The summed E-state index contributed by atoms with van der Waals surface area (Å²) in [5, 5.41) is 0. The Balaban J connectivity index is 1.34. The number of benzene rings is 1. The van der Waals surface area contributed by atoms with Gasteiger partial charge in [-0.15, -0.1) is 0 Å². The first-order chi connectivity index (χ1) is 19.6. The van der Waals surface area contributed by atoms with E-state index in [1.807, 2.05) is 20.8 Å². The summed E-state index contributed by atoms with van der Waals surface area (Å²) in [6.45, 7) is 14.3. The van der Waals surface area contributed by atoms with Crippen LogP contribution in [0.1, 0.15) is 84.8 Å². The van der Waals surface area contributed by atoms with Gasteiger partial charge in [0.05, 0.1) is 18.2 Å². The van der Waals surface area contributed by atoms with E-state index < -0.39 is 23.1 Å². The highest BCUT2D eigenvalue weighted by Gasteiger charge is 2.59. The molecule has 10 heteroatoms. The Labute approximate surface area is 247 Å². The van der Waals surface area contributed by atoms with Crippen molar-refractivity contribution in [2.45, 2.75) is 116 Å². The van der Waals surface area contributed by atoms with Gasteiger partial charge in [0.2, 0.25) is 5.91 Å². The second-order valence-corrected chi connectivity index (χ2v) is 14.1. The molecule has 234 valence electrons. The third-order valence-corrected chi connectivity index (χ3v) is 9.90. The van der Waals surface area contributed by atoms with Gasteiger partial charge in [-0.3, -0.25) is 9.69 Å². The smallest absolute Gasteiger partial charge is 0.416 e. The van der Waals surface area contributed by atoms with Crippen molar-refractivity contribution in [3.05, 3.63) is 35.4 Å². The molecule has 3 heterocycles. The fourth-order valence-corrected chi connectivity index (χ4v) is 7.50. The molecule has 42 heavy (non-hydrogen) atoms. The van der Waals surface area contributed by atoms with Gasteiger partial charge in [0.15, 0.2) is 0 Å². The van der Waals surface area contributed by atoms with Crippen LogP contribution in [0.15, 0.2) is 24.3 Å². The first-order valence-electron chi connectivity index (χ1n) is 15.4. The lowest BCUT2D eigenvalue weighted by Crippen LogP contribution is -2.64. The standard InChI is InChI=1S/C32H46F3N3O4/c1-20(2)27-19-41-31-14-13-26(15-25(31)11-12-28(39)38(27)31)37(16-22-7-9-24(10-8-22)32(33,34)35)21(3)23-17-36(18-23)29(40)42-30(4,5)6/h7-10,20-21,23,25-27H,11-19H2,1-6H3/t21-,25-,26+,27-,31-/m1/s1. The quantitative estimate of drug-likeness (QED) is 0.387. The SMILES string of the molecule is CC(C)[C@H]1CO[C@]23CC[C@H](N(Cc4ccc(C(F)(F)F)cc4)[C@H](C)C4CN(C(=O)OC(C)(C)C)C4)C[C@H]2CCC(=O)N13. The van der Waals surface area contributed by atoms with E-state index in [9.17, 15) is 22.8 Å². The minimum Gasteiger partial charge on any atom is -0.444 e. The zero-order valence-corrected chi connectivity index (χ0v) is 25.7. The van der Waals surface area contributed by atoms with Gasteiger partial charge >= 0.3 is 12.3 Å². The fraction of sp³-hybridized carbons (Fsp3) is 0.750. The van der Waals surface area contributed by atoms with Crippen molar-refractivity contribution in [3.8, 4) is 0 Å². The van der Waals surface area contributed by atoms with Gasteiger partial charge in [-0.25, -0.2) is 4.79 Å². The minimum absolute atomic E-state index is 0.0906. The van der Waals surface area contributed by atoms with Gasteiger partial charge < -0.3 is 19.3 Å². The highest BCUT2D eigenvalue weighted by Crippen LogP contribution is 2.51. The van der Waals surface area contributed by atoms with Crippen LogP contribution in [0.5, 0.6) is 0 Å². The second-order valence-electron chi connectivity index (χ2n) is 14.1. The summed E-state index contributed by atoms with van der Waals surface area (Å²) in [7, 11) is 0. The molecule has 5 atom stereocenters. The molecule has 2 amide bonds. The van der Waals surface area contributed by atoms with Crippen LogP contribution in [0.25, 0.3) is 0 Å². The highest BCUT2D eigenvalue weighted by atomic mass is 19.4. The van der Waals surface area contributed by atoms with E-state index in [4.69, 9.17) is 9.47 Å². The normalized spacial score (nSPS) is 29.4. The first-order valence-corrected chi connectivity index (χ1v) is 15.4. The maximum absolute atomic E-state index is 13.2. The molecule has 5 rings (SSSR count). The summed E-state index contributed by atoms with van der Waals surface area (Å²) in [6, 6.07) is 5.84. The van der Waals surface area contributed by atoms with E-state index in [1.165, 1.54) is 0 Å². The van der Waals surface area contributed by atoms with Crippen LogP contribution in [-0.2, 0) is 27.0 Å². The van der Waals surface area contributed by atoms with Gasteiger partial charge in [0, 0.05) is 50.0 Å². The molecule has 1 aliphatic carbocycles. The summed E-state index contributed by atoms with van der Waals surface area (Å²) < 4.78 is 51.8. The number of alkyl halides is 3. The second kappa shape index (κ2) is 11.3. The number of piperidine rings is 1. The van der Waals surface area contributed by atoms with Crippen LogP contribution in [0.3, 0.4) is 0 Å². The molecule has 3 aliphatic heterocycles. The first kappa shape index (κ1) is 31.1. The molecular formula is C32H46F3N3O4. The summed E-state index contributed by atoms with van der Waals surface area (Å²) >= 11 is 0. The van der Waals surface area contributed by atoms with Crippen molar-refractivity contribution in [3.63, 3.8) is 0 Å². The van der Waals surface area contributed by atoms with Gasteiger partial charge in [-0.05, 0) is 77.0 Å². The van der Waals surface area contributed by atoms with Gasteiger partial charge in [-0.1, -0.05) is 26.0 Å². The number of likely N-dealkylation sites (tertiary alicyclic amines) is 1. The maximum Gasteiger partial charge on any atom is 0.416 e. The minimum atomic E-state index is -4.38. The summed E-state index contributed by atoms with van der Waals surface area (Å²) in [4.78, 5) is 31.9. The van der Waals surface area contributed by atoms with E-state index >= 15 is 0 Å². The third-order valence-electron chi connectivity index (χ3n) is 9.90. The van der Waals surface area contributed by atoms with E-state index in [-0.39, 0.29) is 42.0 Å². The molecule has 0 aromatic heterocycles. The van der Waals surface area contributed by atoms with Crippen molar-refractivity contribution >= 4 is 12.0 Å². The number of ether oxygens (including phenoxy) is 2. The number of hydrogen-bond acceptors (Lipinski definition) is 5. The summed E-state index contributed by atoms with van der Waals surface area (Å²) in [5.41, 5.74) is -0.931. The van der Waals surface area contributed by atoms with Gasteiger partial charge in [-0.2, -0.15) is 13.2 Å². The van der Waals surface area contributed by atoms with E-state index in [1.54, 1.807) is 17.0 Å². The number of amides is 2. The van der Waals surface area contributed by atoms with Crippen LogP contribution in [0, 0.1) is 17.8 Å². The van der Waals surface area contributed by atoms with Crippen LogP contribution in [0.4, 0.5) is 18.0 Å². The topological polar surface area (TPSA) is 62.3 Å². The Morgan fingerprint density at radius 2 is 1.79 bits per heavy atom. The number of rotatable bonds is 6. The van der Waals surface area contributed by atoms with Crippen molar-refractivity contribution in [2.24, 2.45) is 17.8 Å². The molecule has 1 aromatic carbocycles. The number of carbonyl (C=O) groups excluding carboxylic acids is 2. The Bertz CT molecular complexity index is 1150. The molecule has 0 bridgehead atoms. The van der Waals surface area contributed by atoms with Crippen LogP contribution in [-0.4, -0.2) is 75.8 Å². The van der Waals surface area contributed by atoms with Gasteiger partial charge in [0.1, 0.15) is 11.3 Å². The summed E-state index contributed by atoms with van der Waals surface area (Å²) in [6.07, 6.45) is -0.935. The Morgan fingerprint density at radius 3 is 2.38 bits per heavy atom. The van der Waals surface area contributed by atoms with E-state index in [0.29, 0.717) is 38.6 Å². The average molecular weight is 594 g/mol. The van der Waals surface area contributed by atoms with Crippen LogP contribution >= 0.6 is 0 Å². The Kier molecular flexibility index (Phi) is 8.37. The Morgan fingerprint density at radius 1 is 1.12 bits per heavy atom. The largest absolute Gasteiger partial charge is 0.444 e. The predicted molar refractivity (Wildman–Crippen MR) is 152 cm³/mol. The van der Waals surface area contributed by atoms with Crippen molar-refractivity contribution in [1.82, 2.24) is 14.7 Å². The number of nitrogens with zero attached hydrogens (tertiary/aromatic N) is 3. The molecule has 0 unspecified atom stereocenters.